The van der Waals surface area contributed by atoms with E-state index in [4.69, 9.17) is 0 Å². The lowest BCUT2D eigenvalue weighted by atomic mass is 9.89. The lowest BCUT2D eigenvalue weighted by Gasteiger charge is -2.18. The molecule has 1 N–H and O–H groups in total. The number of sulfonamides is 1. The summed E-state index contributed by atoms with van der Waals surface area (Å²) in [5.74, 6) is 0.574. The van der Waals surface area contributed by atoms with Gasteiger partial charge in [0.15, 0.2) is 0 Å². The number of nitrogens with one attached hydrogen (secondary N) is 1. The molecule has 29 heavy (non-hydrogen) atoms. The van der Waals surface area contributed by atoms with Gasteiger partial charge in [0.1, 0.15) is 0 Å². The SMILES string of the molecule is CCC(C)c1ccc(S(=O)(=O)NCCC(c2ccccc2)c2ccccc2)cc1. The van der Waals surface area contributed by atoms with E-state index in [2.05, 4.69) is 42.8 Å². The van der Waals surface area contributed by atoms with Crippen LogP contribution < -0.4 is 4.72 Å². The van der Waals surface area contributed by atoms with Gasteiger partial charge in [-0.05, 0) is 47.6 Å². The Bertz CT molecular complexity index is 945. The summed E-state index contributed by atoms with van der Waals surface area (Å²) in [6.07, 6.45) is 1.73. The summed E-state index contributed by atoms with van der Waals surface area (Å²) in [6, 6.07) is 27.7. The fourth-order valence-electron chi connectivity index (χ4n) is 3.53. The van der Waals surface area contributed by atoms with Crippen LogP contribution in [0.1, 0.15) is 55.2 Å². The highest BCUT2D eigenvalue weighted by Crippen LogP contribution is 2.27. The predicted molar refractivity (Wildman–Crippen MR) is 120 cm³/mol. The van der Waals surface area contributed by atoms with Gasteiger partial charge in [-0.2, -0.15) is 0 Å². The van der Waals surface area contributed by atoms with Crippen LogP contribution in [0.3, 0.4) is 0 Å². The lowest BCUT2D eigenvalue weighted by Crippen LogP contribution is -2.26. The second-order valence-corrected chi connectivity index (χ2v) is 9.21. The van der Waals surface area contributed by atoms with Crippen LogP contribution in [0.4, 0.5) is 0 Å². The van der Waals surface area contributed by atoms with E-state index in [1.54, 1.807) is 12.1 Å². The average molecular weight is 408 g/mol. The molecule has 0 bridgehead atoms. The van der Waals surface area contributed by atoms with Gasteiger partial charge < -0.3 is 0 Å². The van der Waals surface area contributed by atoms with Crippen molar-refractivity contribution >= 4 is 10.0 Å². The van der Waals surface area contributed by atoms with Gasteiger partial charge in [0, 0.05) is 12.5 Å². The van der Waals surface area contributed by atoms with Gasteiger partial charge in [0.05, 0.1) is 4.90 Å². The predicted octanol–water partition coefficient (Wildman–Crippen LogP) is 5.70. The maximum absolute atomic E-state index is 12.7. The summed E-state index contributed by atoms with van der Waals surface area (Å²) < 4.78 is 28.2. The molecule has 4 heteroatoms. The zero-order chi connectivity index (χ0) is 20.7. The maximum Gasteiger partial charge on any atom is 0.240 e. The first-order valence-corrected chi connectivity index (χ1v) is 11.7. The Kier molecular flexibility index (Phi) is 7.24. The summed E-state index contributed by atoms with van der Waals surface area (Å²) in [5.41, 5.74) is 3.55. The van der Waals surface area contributed by atoms with Crippen LogP contribution in [-0.2, 0) is 10.0 Å². The molecule has 0 aromatic heterocycles. The van der Waals surface area contributed by atoms with Gasteiger partial charge in [-0.3, -0.25) is 0 Å². The molecule has 3 aromatic carbocycles. The molecule has 0 radical (unpaired) electrons. The molecule has 0 saturated carbocycles. The Morgan fingerprint density at radius 1 is 0.759 bits per heavy atom. The molecule has 0 aliphatic carbocycles. The molecular formula is C25H29NO2S. The van der Waals surface area contributed by atoms with E-state index in [0.717, 1.165) is 6.42 Å². The van der Waals surface area contributed by atoms with Gasteiger partial charge >= 0.3 is 0 Å². The van der Waals surface area contributed by atoms with Crippen LogP contribution >= 0.6 is 0 Å². The van der Waals surface area contributed by atoms with E-state index in [9.17, 15) is 8.42 Å². The molecule has 0 fully saturated rings. The molecule has 0 saturated heterocycles. The molecule has 3 nitrogen and oxygen atoms in total. The quantitative estimate of drug-likeness (QED) is 0.494. The summed E-state index contributed by atoms with van der Waals surface area (Å²) >= 11 is 0. The van der Waals surface area contributed by atoms with Gasteiger partial charge in [-0.15, -0.1) is 0 Å². The van der Waals surface area contributed by atoms with E-state index in [0.29, 0.717) is 23.8 Å². The number of hydrogen-bond acceptors (Lipinski definition) is 2. The first-order valence-electron chi connectivity index (χ1n) is 10.2. The highest BCUT2D eigenvalue weighted by molar-refractivity contribution is 7.89. The molecular weight excluding hydrogens is 378 g/mol. The lowest BCUT2D eigenvalue weighted by molar-refractivity contribution is 0.575. The molecule has 152 valence electrons. The summed E-state index contributed by atoms with van der Waals surface area (Å²) in [4.78, 5) is 0.320. The van der Waals surface area contributed by atoms with Crippen molar-refractivity contribution < 1.29 is 8.42 Å². The number of hydrogen-bond donors (Lipinski definition) is 1. The molecule has 3 rings (SSSR count). The standard InChI is InChI=1S/C25H29NO2S/c1-3-20(2)21-14-16-24(17-15-21)29(27,28)26-19-18-25(22-10-6-4-7-11-22)23-12-8-5-9-13-23/h4-17,20,25-26H,3,18-19H2,1-2H3. The Labute approximate surface area is 174 Å². The van der Waals surface area contributed by atoms with Crippen molar-refractivity contribution in [1.29, 1.82) is 0 Å². The Morgan fingerprint density at radius 2 is 1.28 bits per heavy atom. The van der Waals surface area contributed by atoms with Crippen molar-refractivity contribution in [3.05, 3.63) is 102 Å². The summed E-state index contributed by atoms with van der Waals surface area (Å²) in [6.45, 7) is 4.66. The van der Waals surface area contributed by atoms with E-state index in [1.165, 1.54) is 16.7 Å². The van der Waals surface area contributed by atoms with Crippen LogP contribution in [0.2, 0.25) is 0 Å². The fraction of sp³-hybridized carbons (Fsp3) is 0.280. The largest absolute Gasteiger partial charge is 0.240 e. The topological polar surface area (TPSA) is 46.2 Å². The van der Waals surface area contributed by atoms with Crippen LogP contribution in [0.5, 0.6) is 0 Å². The normalized spacial score (nSPS) is 12.8. The second kappa shape index (κ2) is 9.86. The molecule has 0 spiro atoms. The zero-order valence-electron chi connectivity index (χ0n) is 17.1. The van der Waals surface area contributed by atoms with E-state index in [1.807, 2.05) is 48.5 Å². The van der Waals surface area contributed by atoms with E-state index in [-0.39, 0.29) is 5.92 Å². The highest BCUT2D eigenvalue weighted by atomic mass is 32.2. The summed E-state index contributed by atoms with van der Waals surface area (Å²) in [7, 11) is -3.52. The minimum atomic E-state index is -3.52. The Morgan fingerprint density at radius 3 is 1.76 bits per heavy atom. The molecule has 1 unspecified atom stereocenters. The third-order valence-corrected chi connectivity index (χ3v) is 6.98. The minimum absolute atomic E-state index is 0.146. The highest BCUT2D eigenvalue weighted by Gasteiger charge is 2.18. The van der Waals surface area contributed by atoms with Gasteiger partial charge in [0.25, 0.3) is 0 Å². The zero-order valence-corrected chi connectivity index (χ0v) is 17.9. The van der Waals surface area contributed by atoms with Crippen LogP contribution in [0, 0.1) is 0 Å². The Balaban J connectivity index is 1.70. The molecule has 0 aliphatic heterocycles. The van der Waals surface area contributed by atoms with Crippen molar-refractivity contribution in [3.8, 4) is 0 Å². The third kappa shape index (κ3) is 5.55. The second-order valence-electron chi connectivity index (χ2n) is 7.44. The van der Waals surface area contributed by atoms with Crippen molar-refractivity contribution in [1.82, 2.24) is 4.72 Å². The molecule has 0 heterocycles. The smallest absolute Gasteiger partial charge is 0.211 e. The van der Waals surface area contributed by atoms with Crippen molar-refractivity contribution in [2.24, 2.45) is 0 Å². The van der Waals surface area contributed by atoms with Crippen LogP contribution in [0.15, 0.2) is 89.8 Å². The van der Waals surface area contributed by atoms with Gasteiger partial charge in [0.2, 0.25) is 10.0 Å². The molecule has 0 amide bonds. The van der Waals surface area contributed by atoms with Crippen molar-refractivity contribution in [3.63, 3.8) is 0 Å². The monoisotopic (exact) mass is 407 g/mol. The van der Waals surface area contributed by atoms with Gasteiger partial charge in [-0.25, -0.2) is 13.1 Å². The molecule has 1 atom stereocenters. The first-order chi connectivity index (χ1) is 14.0. The first kappa shape index (κ1) is 21.3. The van der Waals surface area contributed by atoms with Crippen LogP contribution in [0.25, 0.3) is 0 Å². The van der Waals surface area contributed by atoms with Gasteiger partial charge in [-0.1, -0.05) is 86.6 Å². The molecule has 3 aromatic rings. The summed E-state index contributed by atoms with van der Waals surface area (Å²) in [5, 5.41) is 0. The van der Waals surface area contributed by atoms with Crippen molar-refractivity contribution in [2.45, 2.75) is 43.4 Å². The Hall–Kier alpha value is -2.43. The van der Waals surface area contributed by atoms with E-state index < -0.39 is 10.0 Å². The fourth-order valence-corrected chi connectivity index (χ4v) is 4.58. The number of rotatable bonds is 9. The minimum Gasteiger partial charge on any atom is -0.211 e. The maximum atomic E-state index is 12.7. The molecule has 0 aliphatic rings. The third-order valence-electron chi connectivity index (χ3n) is 5.50. The van der Waals surface area contributed by atoms with Crippen molar-refractivity contribution in [2.75, 3.05) is 6.54 Å². The number of benzene rings is 3. The van der Waals surface area contributed by atoms with Crippen LogP contribution in [-0.4, -0.2) is 15.0 Å². The van der Waals surface area contributed by atoms with E-state index >= 15 is 0 Å². The average Bonchev–Trinajstić information content (AvgIpc) is 2.77.